The predicted octanol–water partition coefficient (Wildman–Crippen LogP) is 3.80. The Hall–Kier alpha value is -3.23. The Morgan fingerprint density at radius 2 is 1.40 bits per heavy atom. The molecular formula is C25H22Cl2N2O6. The lowest BCUT2D eigenvalue weighted by Crippen LogP contribution is -2.34. The fourth-order valence-electron chi connectivity index (χ4n) is 4.30. The van der Waals surface area contributed by atoms with E-state index in [1.54, 1.807) is 24.3 Å². The van der Waals surface area contributed by atoms with Crippen LogP contribution in [0, 0.1) is 11.8 Å². The van der Waals surface area contributed by atoms with Crippen molar-refractivity contribution in [3.63, 3.8) is 0 Å². The second kappa shape index (κ2) is 10.2. The molecule has 0 radical (unpaired) electrons. The molecule has 1 aliphatic carbocycles. The Balaban J connectivity index is 1.34. The van der Waals surface area contributed by atoms with Gasteiger partial charge in [0, 0.05) is 11.3 Å². The minimum absolute atomic E-state index is 0.0903. The molecule has 1 aliphatic heterocycles. The minimum atomic E-state index is -0.735. The minimum Gasteiger partial charge on any atom is -0.452 e. The van der Waals surface area contributed by atoms with Crippen LogP contribution in [0.15, 0.2) is 48.5 Å². The number of hydrogen-bond acceptors (Lipinski definition) is 6. The van der Waals surface area contributed by atoms with Gasteiger partial charge < -0.3 is 10.1 Å². The molecule has 1 saturated heterocycles. The van der Waals surface area contributed by atoms with Gasteiger partial charge in [-0.2, -0.15) is 0 Å². The molecule has 182 valence electrons. The molecule has 2 aromatic rings. The summed E-state index contributed by atoms with van der Waals surface area (Å²) < 4.78 is 5.05. The molecule has 0 spiro atoms. The number of benzene rings is 2. The van der Waals surface area contributed by atoms with E-state index in [0.29, 0.717) is 29.8 Å². The number of rotatable bonds is 6. The van der Waals surface area contributed by atoms with Gasteiger partial charge in [-0.15, -0.1) is 23.2 Å². The number of ketones is 1. The Bertz CT molecular complexity index is 1150. The monoisotopic (exact) mass is 516 g/mol. The number of esters is 1. The van der Waals surface area contributed by atoms with E-state index in [4.69, 9.17) is 27.9 Å². The molecule has 2 aromatic carbocycles. The summed E-state index contributed by atoms with van der Waals surface area (Å²) in [6.45, 7) is 0.929. The summed E-state index contributed by atoms with van der Waals surface area (Å²) in [6, 6.07) is 12.1. The summed E-state index contributed by atoms with van der Waals surface area (Å²) in [5.41, 5.74) is 1.47. The number of carbonyl (C=O) groups is 5. The third kappa shape index (κ3) is 5.23. The van der Waals surface area contributed by atoms with Gasteiger partial charge in [-0.05, 0) is 68.3 Å². The molecule has 2 aliphatic rings. The molecule has 10 heteroatoms. The highest BCUT2D eigenvalue weighted by Crippen LogP contribution is 2.43. The predicted molar refractivity (Wildman–Crippen MR) is 130 cm³/mol. The van der Waals surface area contributed by atoms with Crippen LogP contribution in [-0.4, -0.2) is 46.8 Å². The van der Waals surface area contributed by atoms with Crippen molar-refractivity contribution in [1.29, 1.82) is 0 Å². The smallest absolute Gasteiger partial charge is 0.338 e. The van der Waals surface area contributed by atoms with Crippen molar-refractivity contribution in [1.82, 2.24) is 0 Å². The van der Waals surface area contributed by atoms with Crippen molar-refractivity contribution in [3.8, 4) is 0 Å². The highest BCUT2D eigenvalue weighted by atomic mass is 35.5. The number of halogens is 2. The quantitative estimate of drug-likeness (QED) is 0.270. The van der Waals surface area contributed by atoms with Gasteiger partial charge in [0.25, 0.3) is 5.91 Å². The molecule has 0 bridgehead atoms. The van der Waals surface area contributed by atoms with Gasteiger partial charge in [0.05, 0.1) is 33.8 Å². The molecule has 4 rings (SSSR count). The zero-order chi connectivity index (χ0) is 25.3. The van der Waals surface area contributed by atoms with Crippen LogP contribution in [0.2, 0.25) is 0 Å². The fraction of sp³-hybridized carbons (Fsp3) is 0.320. The van der Waals surface area contributed by atoms with Crippen LogP contribution in [0.5, 0.6) is 0 Å². The third-order valence-corrected chi connectivity index (χ3v) is 7.28. The van der Waals surface area contributed by atoms with Gasteiger partial charge in [-0.3, -0.25) is 24.1 Å². The first-order valence-corrected chi connectivity index (χ1v) is 11.9. The average molecular weight is 517 g/mol. The fourth-order valence-corrected chi connectivity index (χ4v) is 4.89. The lowest BCUT2D eigenvalue weighted by atomic mass is 9.80. The zero-order valence-corrected chi connectivity index (χ0v) is 20.2. The number of carbonyl (C=O) groups excluding carboxylic acids is 5. The summed E-state index contributed by atoms with van der Waals surface area (Å²) in [6.07, 6.45) is 0.684. The van der Waals surface area contributed by atoms with E-state index in [9.17, 15) is 24.0 Å². The number of nitrogens with zero attached hydrogens (tertiary/aromatic N) is 1. The lowest BCUT2D eigenvalue weighted by Gasteiger charge is -2.28. The first-order valence-electron chi connectivity index (χ1n) is 11.0. The van der Waals surface area contributed by atoms with E-state index in [1.165, 1.54) is 31.2 Å². The highest BCUT2D eigenvalue weighted by Gasteiger charge is 2.52. The molecule has 2 fully saturated rings. The summed E-state index contributed by atoms with van der Waals surface area (Å²) in [5.74, 6) is -3.01. The van der Waals surface area contributed by atoms with Crippen molar-refractivity contribution in [2.75, 3.05) is 16.8 Å². The van der Waals surface area contributed by atoms with Gasteiger partial charge >= 0.3 is 5.97 Å². The summed E-state index contributed by atoms with van der Waals surface area (Å²) >= 11 is 12.4. The number of nitrogens with one attached hydrogen (secondary N) is 1. The molecule has 35 heavy (non-hydrogen) atoms. The number of amides is 3. The third-order valence-electron chi connectivity index (χ3n) is 6.18. The molecule has 3 amide bonds. The summed E-state index contributed by atoms with van der Waals surface area (Å²) in [7, 11) is 0. The van der Waals surface area contributed by atoms with Crippen molar-refractivity contribution < 1.29 is 28.7 Å². The first kappa shape index (κ1) is 24.9. The number of ether oxygens (including phenoxy) is 1. The molecule has 4 atom stereocenters. The summed E-state index contributed by atoms with van der Waals surface area (Å²) in [4.78, 5) is 62.6. The second-order valence-electron chi connectivity index (χ2n) is 8.53. The topological polar surface area (TPSA) is 110 Å². The molecule has 0 unspecified atom stereocenters. The van der Waals surface area contributed by atoms with Crippen molar-refractivity contribution >= 4 is 64.1 Å². The maximum absolute atomic E-state index is 12.9. The van der Waals surface area contributed by atoms with Crippen LogP contribution in [0.3, 0.4) is 0 Å². The van der Waals surface area contributed by atoms with Crippen LogP contribution in [0.4, 0.5) is 11.4 Å². The number of imide groups is 1. The normalized spacial score (nSPS) is 23.6. The Labute approximate surface area is 211 Å². The number of hydrogen-bond donors (Lipinski definition) is 1. The summed E-state index contributed by atoms with van der Waals surface area (Å²) in [5, 5.41) is 1.83. The maximum atomic E-state index is 12.9. The molecule has 1 heterocycles. The Morgan fingerprint density at radius 3 is 1.91 bits per heavy atom. The van der Waals surface area contributed by atoms with Crippen molar-refractivity contribution in [2.24, 2.45) is 11.8 Å². The zero-order valence-electron chi connectivity index (χ0n) is 18.7. The lowest BCUT2D eigenvalue weighted by molar-refractivity contribution is -0.122. The average Bonchev–Trinajstić information content (AvgIpc) is 3.07. The number of fused-ring (bicyclic) bond motifs is 1. The van der Waals surface area contributed by atoms with Gasteiger partial charge in [0.1, 0.15) is 0 Å². The van der Waals surface area contributed by atoms with Gasteiger partial charge in [0.15, 0.2) is 12.4 Å². The standard InChI is InChI=1S/C25H22Cl2N2O6/c1-13(30)14-2-6-16(7-3-14)28-22(31)12-35-25(34)15-4-8-17(9-5-15)29-23(32)18-10-20(26)21(27)11-19(18)24(29)33/h2-9,18-21H,10-12H2,1H3,(H,28,31)/t18-,19-,20-,21+/m1/s1. The Kier molecular flexibility index (Phi) is 7.23. The van der Waals surface area contributed by atoms with E-state index >= 15 is 0 Å². The van der Waals surface area contributed by atoms with E-state index in [1.807, 2.05) is 0 Å². The molecule has 8 nitrogen and oxygen atoms in total. The van der Waals surface area contributed by atoms with E-state index in [-0.39, 0.29) is 33.9 Å². The van der Waals surface area contributed by atoms with E-state index < -0.39 is 30.3 Å². The molecule has 1 N–H and O–H groups in total. The van der Waals surface area contributed by atoms with Crippen LogP contribution in [0.1, 0.15) is 40.5 Å². The van der Waals surface area contributed by atoms with Crippen LogP contribution < -0.4 is 10.2 Å². The maximum Gasteiger partial charge on any atom is 0.338 e. The number of alkyl halides is 2. The van der Waals surface area contributed by atoms with Crippen LogP contribution in [0.25, 0.3) is 0 Å². The van der Waals surface area contributed by atoms with E-state index in [2.05, 4.69) is 5.32 Å². The number of Topliss-reactive ketones (excluding diaryl/α,β-unsaturated/α-hetero) is 1. The molecular weight excluding hydrogens is 495 g/mol. The van der Waals surface area contributed by atoms with Crippen LogP contribution >= 0.6 is 23.2 Å². The van der Waals surface area contributed by atoms with Crippen molar-refractivity contribution in [2.45, 2.75) is 30.5 Å². The Morgan fingerprint density at radius 1 is 0.886 bits per heavy atom. The molecule has 0 aromatic heterocycles. The second-order valence-corrected chi connectivity index (χ2v) is 9.65. The van der Waals surface area contributed by atoms with Crippen molar-refractivity contribution in [3.05, 3.63) is 59.7 Å². The molecule has 1 saturated carbocycles. The van der Waals surface area contributed by atoms with Crippen LogP contribution in [-0.2, 0) is 19.1 Å². The highest BCUT2D eigenvalue weighted by molar-refractivity contribution is 6.31. The van der Waals surface area contributed by atoms with E-state index in [0.717, 1.165) is 4.90 Å². The van der Waals surface area contributed by atoms with Gasteiger partial charge in [-0.25, -0.2) is 4.79 Å². The SMILES string of the molecule is CC(=O)c1ccc(NC(=O)COC(=O)c2ccc(N3C(=O)[C@@H]4C[C@@H](Cl)[C@@H](Cl)C[C@H]4C3=O)cc2)cc1. The van der Waals surface area contributed by atoms with Gasteiger partial charge in [-0.1, -0.05) is 0 Å². The first-order chi connectivity index (χ1) is 16.7. The number of anilines is 2. The van der Waals surface area contributed by atoms with Gasteiger partial charge in [0.2, 0.25) is 11.8 Å². The largest absolute Gasteiger partial charge is 0.452 e.